The lowest BCUT2D eigenvalue weighted by Gasteiger charge is -2.37. The summed E-state index contributed by atoms with van der Waals surface area (Å²) < 4.78 is 11.7. The van der Waals surface area contributed by atoms with Crippen molar-refractivity contribution in [2.24, 2.45) is 5.92 Å². The first-order valence-electron chi connectivity index (χ1n) is 9.41. The maximum atomic E-state index is 12.0. The molecule has 1 aromatic carbocycles. The maximum Gasteiger partial charge on any atom is 0.222 e. The number of hydrogen-bond acceptors (Lipinski definition) is 4. The molecule has 138 valence electrons. The van der Waals surface area contributed by atoms with Crippen molar-refractivity contribution in [3.63, 3.8) is 0 Å². The Kier molecular flexibility index (Phi) is 5.52. The van der Waals surface area contributed by atoms with E-state index >= 15 is 0 Å². The molecule has 5 nitrogen and oxygen atoms in total. The van der Waals surface area contributed by atoms with Crippen LogP contribution < -0.4 is 9.47 Å². The topological polar surface area (TPSA) is 42.0 Å². The first kappa shape index (κ1) is 18.1. The molecule has 5 heteroatoms. The van der Waals surface area contributed by atoms with Gasteiger partial charge in [-0.3, -0.25) is 9.69 Å². The van der Waals surface area contributed by atoms with E-state index in [2.05, 4.69) is 24.0 Å². The van der Waals surface area contributed by atoms with E-state index in [1.807, 2.05) is 25.8 Å². The van der Waals surface area contributed by atoms with Crippen LogP contribution in [-0.4, -0.2) is 55.1 Å². The number of benzene rings is 1. The Morgan fingerprint density at radius 2 is 1.96 bits per heavy atom. The van der Waals surface area contributed by atoms with Crippen LogP contribution in [0.15, 0.2) is 12.1 Å². The van der Waals surface area contributed by atoms with Crippen molar-refractivity contribution in [2.75, 3.05) is 33.4 Å². The second kappa shape index (κ2) is 7.65. The van der Waals surface area contributed by atoms with Gasteiger partial charge in [-0.25, -0.2) is 0 Å². The summed E-state index contributed by atoms with van der Waals surface area (Å²) in [5.41, 5.74) is 2.28. The summed E-state index contributed by atoms with van der Waals surface area (Å²) in [7, 11) is 1.95. The molecule has 0 saturated carbocycles. The Labute approximate surface area is 150 Å². The average molecular weight is 346 g/mol. The van der Waals surface area contributed by atoms with Gasteiger partial charge in [0.05, 0.1) is 13.2 Å². The second-order valence-corrected chi connectivity index (χ2v) is 7.10. The molecule has 2 aliphatic heterocycles. The highest BCUT2D eigenvalue weighted by Crippen LogP contribution is 2.35. The molecule has 2 heterocycles. The monoisotopic (exact) mass is 346 g/mol. The highest BCUT2D eigenvalue weighted by Gasteiger charge is 2.40. The van der Waals surface area contributed by atoms with E-state index in [0.29, 0.717) is 31.1 Å². The zero-order valence-electron chi connectivity index (χ0n) is 15.9. The van der Waals surface area contributed by atoms with E-state index in [1.54, 1.807) is 0 Å². The average Bonchev–Trinajstić information content (AvgIpc) is 2.88. The van der Waals surface area contributed by atoms with Crippen LogP contribution in [0.3, 0.4) is 0 Å². The van der Waals surface area contributed by atoms with Gasteiger partial charge in [0.1, 0.15) is 11.5 Å². The van der Waals surface area contributed by atoms with Gasteiger partial charge in [-0.15, -0.1) is 0 Å². The van der Waals surface area contributed by atoms with E-state index in [9.17, 15) is 4.79 Å². The zero-order chi connectivity index (χ0) is 18.0. The van der Waals surface area contributed by atoms with Gasteiger partial charge in [0.15, 0.2) is 0 Å². The SMILES string of the molecule is CCOc1ccc(CN2CC[C@@H]3CC(=O)N(C)[C@@H]3C2)c(OCC)c1C. The number of rotatable bonds is 6. The van der Waals surface area contributed by atoms with Gasteiger partial charge < -0.3 is 14.4 Å². The highest BCUT2D eigenvalue weighted by atomic mass is 16.5. The molecular formula is C20H30N2O3. The van der Waals surface area contributed by atoms with Crippen LogP contribution in [0.2, 0.25) is 0 Å². The largest absolute Gasteiger partial charge is 0.493 e. The normalized spacial score (nSPS) is 23.7. The summed E-state index contributed by atoms with van der Waals surface area (Å²) in [5, 5.41) is 0. The Hall–Kier alpha value is -1.75. The fraction of sp³-hybridized carbons (Fsp3) is 0.650. The van der Waals surface area contributed by atoms with Gasteiger partial charge in [-0.05, 0) is 45.7 Å². The number of nitrogens with zero attached hydrogens (tertiary/aromatic N) is 2. The van der Waals surface area contributed by atoms with Gasteiger partial charge in [-0.1, -0.05) is 6.07 Å². The number of fused-ring (bicyclic) bond motifs is 1. The Bertz CT molecular complexity index is 632. The lowest BCUT2D eigenvalue weighted by atomic mass is 9.92. The van der Waals surface area contributed by atoms with Crippen LogP contribution in [-0.2, 0) is 11.3 Å². The maximum absolute atomic E-state index is 12.0. The summed E-state index contributed by atoms with van der Waals surface area (Å²) in [6.45, 7) is 10.2. The van der Waals surface area contributed by atoms with E-state index in [-0.39, 0.29) is 0 Å². The summed E-state index contributed by atoms with van der Waals surface area (Å²) in [5.74, 6) is 2.67. The molecule has 2 fully saturated rings. The minimum Gasteiger partial charge on any atom is -0.493 e. The summed E-state index contributed by atoms with van der Waals surface area (Å²) >= 11 is 0. The van der Waals surface area contributed by atoms with E-state index in [4.69, 9.17) is 9.47 Å². The molecule has 0 unspecified atom stereocenters. The fourth-order valence-corrected chi connectivity index (χ4v) is 4.17. The van der Waals surface area contributed by atoms with E-state index in [0.717, 1.165) is 49.5 Å². The molecule has 0 N–H and O–H groups in total. The van der Waals surface area contributed by atoms with Gasteiger partial charge >= 0.3 is 0 Å². The van der Waals surface area contributed by atoms with Gasteiger partial charge in [0.2, 0.25) is 5.91 Å². The van der Waals surface area contributed by atoms with Crippen molar-refractivity contribution in [3.05, 3.63) is 23.3 Å². The number of amides is 1. The van der Waals surface area contributed by atoms with Crippen molar-refractivity contribution < 1.29 is 14.3 Å². The van der Waals surface area contributed by atoms with Crippen molar-refractivity contribution >= 4 is 5.91 Å². The van der Waals surface area contributed by atoms with Crippen LogP contribution in [0.4, 0.5) is 0 Å². The summed E-state index contributed by atoms with van der Waals surface area (Å²) in [4.78, 5) is 16.4. The predicted octanol–water partition coefficient (Wildman–Crippen LogP) is 2.85. The molecule has 0 bridgehead atoms. The van der Waals surface area contributed by atoms with Crippen molar-refractivity contribution in [2.45, 2.75) is 46.2 Å². The quantitative estimate of drug-likeness (QED) is 0.794. The first-order chi connectivity index (χ1) is 12.0. The molecule has 0 aromatic heterocycles. The highest BCUT2D eigenvalue weighted by molar-refractivity contribution is 5.79. The van der Waals surface area contributed by atoms with E-state index < -0.39 is 0 Å². The minimum atomic E-state index is 0.295. The number of likely N-dealkylation sites (tertiary alicyclic amines) is 2. The summed E-state index contributed by atoms with van der Waals surface area (Å²) in [6, 6.07) is 4.54. The van der Waals surface area contributed by atoms with E-state index in [1.165, 1.54) is 5.56 Å². The molecule has 2 atom stereocenters. The summed E-state index contributed by atoms with van der Waals surface area (Å²) in [6.07, 6.45) is 1.82. The van der Waals surface area contributed by atoms with Crippen molar-refractivity contribution in [1.29, 1.82) is 0 Å². The predicted molar refractivity (Wildman–Crippen MR) is 98.1 cm³/mol. The zero-order valence-corrected chi connectivity index (χ0v) is 15.9. The molecule has 3 rings (SSSR count). The lowest BCUT2D eigenvalue weighted by Crippen LogP contribution is -2.47. The third-order valence-electron chi connectivity index (χ3n) is 5.55. The standard InChI is InChI=1S/C20H30N2O3/c1-5-24-18-8-7-16(20(14(18)3)25-6-2)12-22-10-9-15-11-19(23)21(4)17(15)13-22/h7-8,15,17H,5-6,9-13H2,1-4H3/t15-,17-/m1/s1. The minimum absolute atomic E-state index is 0.295. The molecule has 2 saturated heterocycles. The first-order valence-corrected chi connectivity index (χ1v) is 9.41. The smallest absolute Gasteiger partial charge is 0.222 e. The Morgan fingerprint density at radius 1 is 1.20 bits per heavy atom. The third-order valence-corrected chi connectivity index (χ3v) is 5.55. The molecule has 1 aromatic rings. The van der Waals surface area contributed by atoms with Gasteiger partial charge in [-0.2, -0.15) is 0 Å². The molecule has 25 heavy (non-hydrogen) atoms. The van der Waals surface area contributed by atoms with Gasteiger partial charge in [0, 0.05) is 43.7 Å². The molecule has 0 aliphatic carbocycles. The van der Waals surface area contributed by atoms with Crippen LogP contribution in [0.25, 0.3) is 0 Å². The fourth-order valence-electron chi connectivity index (χ4n) is 4.17. The molecule has 2 aliphatic rings. The van der Waals surface area contributed by atoms with Crippen LogP contribution in [0, 0.1) is 12.8 Å². The van der Waals surface area contributed by atoms with Crippen LogP contribution in [0.1, 0.15) is 37.8 Å². The van der Waals surface area contributed by atoms with Crippen molar-refractivity contribution in [1.82, 2.24) is 9.80 Å². The number of hydrogen-bond donors (Lipinski definition) is 0. The molecule has 1 amide bonds. The molecular weight excluding hydrogens is 316 g/mol. The number of likely N-dealkylation sites (N-methyl/N-ethyl adjacent to an activating group) is 1. The van der Waals surface area contributed by atoms with Crippen LogP contribution >= 0.6 is 0 Å². The third kappa shape index (κ3) is 3.61. The number of carbonyl (C=O) groups is 1. The second-order valence-electron chi connectivity index (χ2n) is 7.10. The molecule has 0 radical (unpaired) electrons. The lowest BCUT2D eigenvalue weighted by molar-refractivity contribution is -0.127. The van der Waals surface area contributed by atoms with Crippen molar-refractivity contribution in [3.8, 4) is 11.5 Å². The number of ether oxygens (including phenoxy) is 2. The van der Waals surface area contributed by atoms with Gasteiger partial charge in [0.25, 0.3) is 0 Å². The molecule has 0 spiro atoms. The number of carbonyl (C=O) groups excluding carboxylic acids is 1. The Balaban J connectivity index is 1.76. The van der Waals surface area contributed by atoms with Crippen LogP contribution in [0.5, 0.6) is 11.5 Å². The Morgan fingerprint density at radius 3 is 2.68 bits per heavy atom. The number of piperidine rings is 1.